The summed E-state index contributed by atoms with van der Waals surface area (Å²) in [4.78, 5) is 19.4. The van der Waals surface area contributed by atoms with Crippen LogP contribution in [-0.4, -0.2) is 55.3 Å². The average Bonchev–Trinajstić information content (AvgIpc) is 3.42. The van der Waals surface area contributed by atoms with Gasteiger partial charge in [0.2, 0.25) is 0 Å². The van der Waals surface area contributed by atoms with Gasteiger partial charge in [0.1, 0.15) is 22.9 Å². The van der Waals surface area contributed by atoms with Gasteiger partial charge in [-0.15, -0.1) is 0 Å². The largest absolute Gasteiger partial charge is 0.496 e. The van der Waals surface area contributed by atoms with Gasteiger partial charge in [-0.3, -0.25) is 0 Å². The topological polar surface area (TPSA) is 78.2 Å². The summed E-state index contributed by atoms with van der Waals surface area (Å²) in [5.74, 6) is 0.451. The number of carbonyl (C=O) groups excluding carboxylic acids is 1. The highest BCUT2D eigenvalue weighted by Gasteiger charge is 2.44. The predicted molar refractivity (Wildman–Crippen MR) is 139 cm³/mol. The van der Waals surface area contributed by atoms with Crippen LogP contribution in [-0.2, 0) is 9.16 Å². The van der Waals surface area contributed by atoms with Crippen molar-refractivity contribution in [2.75, 3.05) is 25.2 Å². The Bertz CT molecular complexity index is 1260. The molecule has 10 heteroatoms. The van der Waals surface area contributed by atoms with Crippen LogP contribution in [0.2, 0.25) is 18.1 Å². The molecule has 3 heterocycles. The van der Waals surface area contributed by atoms with E-state index in [9.17, 15) is 9.18 Å². The van der Waals surface area contributed by atoms with Crippen molar-refractivity contribution >= 4 is 25.8 Å². The zero-order chi connectivity index (χ0) is 26.3. The molecule has 2 atom stereocenters. The first-order valence-electron chi connectivity index (χ1n) is 12.2. The van der Waals surface area contributed by atoms with Crippen LogP contribution in [0, 0.1) is 5.82 Å². The Morgan fingerprint density at radius 1 is 1.25 bits per heavy atom. The number of aromatic nitrogens is 3. The van der Waals surface area contributed by atoms with Crippen molar-refractivity contribution in [3.8, 4) is 5.75 Å². The van der Waals surface area contributed by atoms with E-state index in [2.05, 4.69) is 43.9 Å². The normalized spacial score (nSPS) is 18.6. The first-order valence-corrected chi connectivity index (χ1v) is 15.2. The van der Waals surface area contributed by atoms with Gasteiger partial charge >= 0.3 is 5.97 Å². The minimum absolute atomic E-state index is 0.0514. The first kappa shape index (κ1) is 26.1. The van der Waals surface area contributed by atoms with E-state index in [1.54, 1.807) is 30.8 Å². The summed E-state index contributed by atoms with van der Waals surface area (Å²) in [6.45, 7) is 13.7. The SMILES string of the molecule is CCOC(=O)c1cnn2ccc(N3CC(O[Si](C)(C)C(C)(C)C)CC3c3cc(F)ccc3OC)nc12. The molecular formula is C26H35FN4O4Si. The highest BCUT2D eigenvalue weighted by Crippen LogP contribution is 2.44. The molecule has 36 heavy (non-hydrogen) atoms. The Balaban J connectivity index is 1.77. The molecule has 0 saturated carbocycles. The van der Waals surface area contributed by atoms with Crippen molar-refractivity contribution in [1.29, 1.82) is 0 Å². The maximum Gasteiger partial charge on any atom is 0.343 e. The fourth-order valence-corrected chi connectivity index (χ4v) is 5.72. The molecule has 1 fully saturated rings. The Kier molecular flexibility index (Phi) is 7.11. The highest BCUT2D eigenvalue weighted by atomic mass is 28.4. The molecule has 0 amide bonds. The number of rotatable bonds is 7. The third kappa shape index (κ3) is 4.97. The Morgan fingerprint density at radius 3 is 2.67 bits per heavy atom. The molecule has 0 spiro atoms. The Hall–Kier alpha value is -2.98. The fourth-order valence-electron chi connectivity index (χ4n) is 4.36. The molecule has 1 saturated heterocycles. The lowest BCUT2D eigenvalue weighted by atomic mass is 10.0. The van der Waals surface area contributed by atoms with E-state index in [1.807, 2.05) is 6.07 Å². The van der Waals surface area contributed by atoms with Crippen molar-refractivity contribution in [2.45, 2.75) is 64.4 Å². The summed E-state index contributed by atoms with van der Waals surface area (Å²) < 4.78 is 33.5. The van der Waals surface area contributed by atoms with Crippen molar-refractivity contribution in [3.05, 3.63) is 53.6 Å². The van der Waals surface area contributed by atoms with Crippen molar-refractivity contribution in [1.82, 2.24) is 14.6 Å². The molecule has 2 aromatic heterocycles. The molecule has 0 N–H and O–H groups in total. The number of hydrogen-bond donors (Lipinski definition) is 0. The van der Waals surface area contributed by atoms with E-state index < -0.39 is 14.3 Å². The number of halogens is 1. The second-order valence-corrected chi connectivity index (χ2v) is 15.4. The zero-order valence-electron chi connectivity index (χ0n) is 22.0. The number of benzene rings is 1. The lowest BCUT2D eigenvalue weighted by Crippen LogP contribution is -2.44. The smallest absolute Gasteiger partial charge is 0.343 e. The van der Waals surface area contributed by atoms with Crippen molar-refractivity contribution < 1.29 is 23.1 Å². The number of esters is 1. The molecule has 8 nitrogen and oxygen atoms in total. The second kappa shape index (κ2) is 9.82. The lowest BCUT2D eigenvalue weighted by Gasteiger charge is -2.38. The molecule has 0 bridgehead atoms. The molecule has 194 valence electrons. The molecular weight excluding hydrogens is 479 g/mol. The van der Waals surface area contributed by atoms with E-state index in [1.165, 1.54) is 18.3 Å². The first-order chi connectivity index (χ1) is 16.9. The maximum absolute atomic E-state index is 14.4. The van der Waals surface area contributed by atoms with Gasteiger partial charge < -0.3 is 18.8 Å². The van der Waals surface area contributed by atoms with Gasteiger partial charge in [0.15, 0.2) is 14.0 Å². The number of nitrogens with zero attached hydrogens (tertiary/aromatic N) is 4. The third-order valence-electron chi connectivity index (χ3n) is 7.22. The molecule has 0 radical (unpaired) electrons. The number of anilines is 1. The lowest BCUT2D eigenvalue weighted by molar-refractivity contribution is 0.0528. The molecule has 3 aromatic rings. The number of methoxy groups -OCH3 is 1. The second-order valence-electron chi connectivity index (χ2n) is 10.6. The van der Waals surface area contributed by atoms with Gasteiger partial charge in [-0.05, 0) is 55.7 Å². The van der Waals surface area contributed by atoms with Gasteiger partial charge in [-0.25, -0.2) is 18.7 Å². The van der Waals surface area contributed by atoms with Crippen molar-refractivity contribution in [3.63, 3.8) is 0 Å². The van der Waals surface area contributed by atoms with Gasteiger partial charge in [0.25, 0.3) is 0 Å². The van der Waals surface area contributed by atoms with E-state index >= 15 is 0 Å². The van der Waals surface area contributed by atoms with Gasteiger partial charge in [0.05, 0.1) is 32.1 Å². The number of ether oxygens (including phenoxy) is 2. The number of fused-ring (bicyclic) bond motifs is 1. The van der Waals surface area contributed by atoms with Crippen LogP contribution in [0.3, 0.4) is 0 Å². The van der Waals surface area contributed by atoms with E-state index in [0.717, 1.165) is 5.56 Å². The molecule has 2 unspecified atom stereocenters. The predicted octanol–water partition coefficient (Wildman–Crippen LogP) is 5.40. The van der Waals surface area contributed by atoms with Crippen LogP contribution in [0.15, 0.2) is 36.7 Å². The maximum atomic E-state index is 14.4. The molecule has 1 aliphatic heterocycles. The molecule has 4 rings (SSSR count). The molecule has 0 aliphatic carbocycles. The van der Waals surface area contributed by atoms with Gasteiger partial charge in [-0.1, -0.05) is 20.8 Å². The van der Waals surface area contributed by atoms with Crippen molar-refractivity contribution in [2.24, 2.45) is 0 Å². The Morgan fingerprint density at radius 2 is 2.00 bits per heavy atom. The van der Waals surface area contributed by atoms with Crippen LogP contribution in [0.4, 0.5) is 10.2 Å². The highest BCUT2D eigenvalue weighted by molar-refractivity contribution is 6.74. The van der Waals surface area contributed by atoms with Crippen LogP contribution >= 0.6 is 0 Å². The number of carbonyl (C=O) groups is 1. The number of hydrogen-bond acceptors (Lipinski definition) is 7. The van der Waals surface area contributed by atoms with Gasteiger partial charge in [-0.2, -0.15) is 5.10 Å². The van der Waals surface area contributed by atoms with E-state index in [4.69, 9.17) is 18.9 Å². The summed E-state index contributed by atoms with van der Waals surface area (Å²) >= 11 is 0. The summed E-state index contributed by atoms with van der Waals surface area (Å²) in [5, 5.41) is 4.29. The zero-order valence-corrected chi connectivity index (χ0v) is 23.0. The third-order valence-corrected chi connectivity index (χ3v) is 11.8. The minimum Gasteiger partial charge on any atom is -0.496 e. The monoisotopic (exact) mass is 514 g/mol. The summed E-state index contributed by atoms with van der Waals surface area (Å²) in [6, 6.07) is 6.19. The molecule has 1 aromatic carbocycles. The van der Waals surface area contributed by atoms with Gasteiger partial charge in [0, 0.05) is 18.3 Å². The van der Waals surface area contributed by atoms with E-state index in [0.29, 0.717) is 35.7 Å². The summed E-state index contributed by atoms with van der Waals surface area (Å²) in [6.07, 6.45) is 3.81. The fraction of sp³-hybridized carbons (Fsp3) is 0.500. The average molecular weight is 515 g/mol. The summed E-state index contributed by atoms with van der Waals surface area (Å²) in [5.41, 5.74) is 1.44. The van der Waals surface area contributed by atoms with Crippen LogP contribution in [0.25, 0.3) is 5.65 Å². The molecule has 1 aliphatic rings. The quantitative estimate of drug-likeness (QED) is 0.309. The standard InChI is InChI=1S/C26H35FN4O4Si/c1-8-34-25(32)20-15-28-31-12-11-23(29-24(20)31)30-16-18(35-36(6,7)26(2,3)4)14-21(30)19-13-17(27)9-10-22(19)33-5/h9-13,15,18,21H,8,14,16H2,1-7H3. The van der Waals surface area contributed by atoms with Crippen LogP contribution in [0.1, 0.15) is 56.1 Å². The van der Waals surface area contributed by atoms with Crippen LogP contribution in [0.5, 0.6) is 5.75 Å². The summed E-state index contributed by atoms with van der Waals surface area (Å²) in [7, 11) is -0.472. The van der Waals surface area contributed by atoms with Crippen LogP contribution < -0.4 is 9.64 Å². The Labute approximate surface area is 212 Å². The minimum atomic E-state index is -2.06. The van der Waals surface area contributed by atoms with E-state index in [-0.39, 0.29) is 29.6 Å².